The Labute approximate surface area is 100 Å². The highest BCUT2D eigenvalue weighted by molar-refractivity contribution is 7.89. The van der Waals surface area contributed by atoms with Crippen LogP contribution >= 0.6 is 11.6 Å². The summed E-state index contributed by atoms with van der Waals surface area (Å²) in [7, 11) is -3.51. The van der Waals surface area contributed by atoms with Crippen LogP contribution in [-0.2, 0) is 10.0 Å². The Morgan fingerprint density at radius 1 is 1.56 bits per heavy atom. The fourth-order valence-corrected chi connectivity index (χ4v) is 2.36. The molecule has 1 aromatic heterocycles. The van der Waals surface area contributed by atoms with Gasteiger partial charge in [0.05, 0.1) is 4.90 Å². The molecule has 1 N–H and O–H groups in total. The summed E-state index contributed by atoms with van der Waals surface area (Å²) in [6.07, 6.45) is 7.55. The lowest BCUT2D eigenvalue weighted by Crippen LogP contribution is -2.24. The molecule has 0 amide bonds. The summed E-state index contributed by atoms with van der Waals surface area (Å²) < 4.78 is 25.8. The van der Waals surface area contributed by atoms with Crippen LogP contribution in [0.1, 0.15) is 12.8 Å². The average molecular weight is 259 g/mol. The van der Waals surface area contributed by atoms with Gasteiger partial charge in [0, 0.05) is 19.2 Å². The normalized spacial score (nSPS) is 11.0. The van der Waals surface area contributed by atoms with E-state index in [1.54, 1.807) is 0 Å². The highest BCUT2D eigenvalue weighted by Gasteiger charge is 2.13. The van der Waals surface area contributed by atoms with Crippen LogP contribution in [0.3, 0.4) is 0 Å². The summed E-state index contributed by atoms with van der Waals surface area (Å²) >= 11 is 5.60. The molecule has 0 unspecified atom stereocenters. The quantitative estimate of drug-likeness (QED) is 0.494. The first-order chi connectivity index (χ1) is 7.56. The van der Waals surface area contributed by atoms with Gasteiger partial charge in [0.2, 0.25) is 10.0 Å². The van der Waals surface area contributed by atoms with Crippen LogP contribution in [0.25, 0.3) is 0 Å². The summed E-state index contributed by atoms with van der Waals surface area (Å²) in [5, 5.41) is 0.145. The number of hydrogen-bond acceptors (Lipinski definition) is 3. The molecule has 0 aliphatic heterocycles. The van der Waals surface area contributed by atoms with Crippen molar-refractivity contribution in [2.75, 3.05) is 6.54 Å². The Morgan fingerprint density at radius 3 is 2.94 bits per heavy atom. The van der Waals surface area contributed by atoms with Crippen LogP contribution in [-0.4, -0.2) is 19.9 Å². The van der Waals surface area contributed by atoms with Gasteiger partial charge in [-0.05, 0) is 18.6 Å². The van der Waals surface area contributed by atoms with Gasteiger partial charge in [-0.1, -0.05) is 11.6 Å². The molecule has 0 atom stereocenters. The van der Waals surface area contributed by atoms with E-state index in [2.05, 4.69) is 15.6 Å². The van der Waals surface area contributed by atoms with E-state index in [1.165, 1.54) is 18.3 Å². The number of hydrogen-bond donors (Lipinski definition) is 1. The molecule has 4 nitrogen and oxygen atoms in total. The van der Waals surface area contributed by atoms with E-state index in [1.807, 2.05) is 0 Å². The van der Waals surface area contributed by atoms with Crippen molar-refractivity contribution in [3.8, 4) is 12.3 Å². The van der Waals surface area contributed by atoms with Gasteiger partial charge in [0.15, 0.2) is 0 Å². The summed E-state index contributed by atoms with van der Waals surface area (Å²) in [6, 6.07) is 2.68. The van der Waals surface area contributed by atoms with E-state index in [4.69, 9.17) is 18.0 Å². The number of pyridine rings is 1. The van der Waals surface area contributed by atoms with E-state index in [9.17, 15) is 8.42 Å². The molecule has 0 aliphatic carbocycles. The molecule has 0 aromatic carbocycles. The second-order valence-electron chi connectivity index (χ2n) is 3.02. The SMILES string of the molecule is C#CCCCNS(=O)(=O)c1ccnc(Cl)c1. The molecule has 16 heavy (non-hydrogen) atoms. The predicted octanol–water partition coefficient (Wildman–Crippen LogP) is 1.43. The fourth-order valence-electron chi connectivity index (χ4n) is 1.03. The Kier molecular flexibility index (Phi) is 4.74. The number of aromatic nitrogens is 1. The van der Waals surface area contributed by atoms with Crippen LogP contribution in [0.15, 0.2) is 23.2 Å². The molecular weight excluding hydrogens is 248 g/mol. The number of nitrogens with zero attached hydrogens (tertiary/aromatic N) is 1. The first-order valence-electron chi connectivity index (χ1n) is 4.61. The van der Waals surface area contributed by atoms with Crippen molar-refractivity contribution in [1.82, 2.24) is 9.71 Å². The second kappa shape index (κ2) is 5.85. The molecule has 0 saturated carbocycles. The number of unbranched alkanes of at least 4 members (excludes halogenated alkanes) is 1. The lowest BCUT2D eigenvalue weighted by atomic mass is 10.3. The Morgan fingerprint density at radius 2 is 2.31 bits per heavy atom. The van der Waals surface area contributed by atoms with Gasteiger partial charge in [0.1, 0.15) is 5.15 Å². The largest absolute Gasteiger partial charge is 0.244 e. The minimum Gasteiger partial charge on any atom is -0.244 e. The average Bonchev–Trinajstić information content (AvgIpc) is 2.24. The molecule has 0 spiro atoms. The van der Waals surface area contributed by atoms with Crippen molar-refractivity contribution in [1.29, 1.82) is 0 Å². The molecule has 0 fully saturated rings. The van der Waals surface area contributed by atoms with Crippen LogP contribution in [0, 0.1) is 12.3 Å². The van der Waals surface area contributed by atoms with E-state index in [0.29, 0.717) is 19.4 Å². The Hall–Kier alpha value is -1.09. The van der Waals surface area contributed by atoms with Crippen molar-refractivity contribution in [3.05, 3.63) is 23.5 Å². The summed E-state index contributed by atoms with van der Waals surface area (Å²) in [4.78, 5) is 3.81. The molecule has 1 aromatic rings. The van der Waals surface area contributed by atoms with E-state index < -0.39 is 10.0 Å². The molecular formula is C10H11ClN2O2S. The zero-order valence-electron chi connectivity index (χ0n) is 8.48. The lowest BCUT2D eigenvalue weighted by molar-refractivity contribution is 0.579. The third-order valence-electron chi connectivity index (χ3n) is 1.80. The zero-order valence-corrected chi connectivity index (χ0v) is 10.1. The monoisotopic (exact) mass is 258 g/mol. The molecule has 86 valence electrons. The van der Waals surface area contributed by atoms with Gasteiger partial charge in [-0.15, -0.1) is 12.3 Å². The van der Waals surface area contributed by atoms with Crippen molar-refractivity contribution < 1.29 is 8.42 Å². The molecule has 0 aliphatic rings. The van der Waals surface area contributed by atoms with Crippen molar-refractivity contribution in [2.45, 2.75) is 17.7 Å². The maximum atomic E-state index is 11.7. The number of terminal acetylenes is 1. The van der Waals surface area contributed by atoms with Crippen LogP contribution < -0.4 is 4.72 Å². The van der Waals surface area contributed by atoms with Gasteiger partial charge in [-0.2, -0.15) is 0 Å². The van der Waals surface area contributed by atoms with Gasteiger partial charge >= 0.3 is 0 Å². The molecule has 1 heterocycles. The molecule has 0 radical (unpaired) electrons. The Bertz CT molecular complexity index is 494. The van der Waals surface area contributed by atoms with E-state index in [0.717, 1.165) is 0 Å². The standard InChI is InChI=1S/C10H11ClN2O2S/c1-2-3-4-6-13-16(14,15)9-5-7-12-10(11)8-9/h1,5,7-8,13H,3-4,6H2. The number of sulfonamides is 1. The highest BCUT2D eigenvalue weighted by atomic mass is 35.5. The summed E-state index contributed by atoms with van der Waals surface area (Å²) in [5.74, 6) is 2.44. The number of halogens is 1. The molecule has 1 rings (SSSR count). The maximum Gasteiger partial charge on any atom is 0.240 e. The zero-order chi connectivity index (χ0) is 12.0. The fraction of sp³-hybridized carbons (Fsp3) is 0.300. The van der Waals surface area contributed by atoms with Gasteiger partial charge in [0.25, 0.3) is 0 Å². The van der Waals surface area contributed by atoms with Crippen LogP contribution in [0.5, 0.6) is 0 Å². The van der Waals surface area contributed by atoms with E-state index in [-0.39, 0.29) is 10.0 Å². The van der Waals surface area contributed by atoms with Gasteiger partial charge < -0.3 is 0 Å². The third-order valence-corrected chi connectivity index (χ3v) is 3.46. The topological polar surface area (TPSA) is 59.1 Å². The lowest BCUT2D eigenvalue weighted by Gasteiger charge is -2.05. The van der Waals surface area contributed by atoms with Crippen molar-refractivity contribution in [2.24, 2.45) is 0 Å². The first kappa shape index (κ1) is 13.0. The number of nitrogens with one attached hydrogen (secondary N) is 1. The smallest absolute Gasteiger partial charge is 0.240 e. The van der Waals surface area contributed by atoms with Gasteiger partial charge in [-0.3, -0.25) is 0 Å². The van der Waals surface area contributed by atoms with Crippen LogP contribution in [0.2, 0.25) is 5.15 Å². The maximum absolute atomic E-state index is 11.7. The Balaban J connectivity index is 2.68. The first-order valence-corrected chi connectivity index (χ1v) is 6.47. The van der Waals surface area contributed by atoms with E-state index >= 15 is 0 Å². The van der Waals surface area contributed by atoms with Gasteiger partial charge in [-0.25, -0.2) is 18.1 Å². The predicted molar refractivity (Wildman–Crippen MR) is 62.5 cm³/mol. The summed E-state index contributed by atoms with van der Waals surface area (Å²) in [6.45, 7) is 0.312. The molecule has 0 bridgehead atoms. The second-order valence-corrected chi connectivity index (χ2v) is 5.17. The number of rotatable bonds is 5. The van der Waals surface area contributed by atoms with Crippen molar-refractivity contribution in [3.63, 3.8) is 0 Å². The third kappa shape index (κ3) is 3.81. The summed E-state index contributed by atoms with van der Waals surface area (Å²) in [5.41, 5.74) is 0. The van der Waals surface area contributed by atoms with Crippen molar-refractivity contribution >= 4 is 21.6 Å². The highest BCUT2D eigenvalue weighted by Crippen LogP contribution is 2.12. The minimum atomic E-state index is -3.51. The van der Waals surface area contributed by atoms with Crippen LogP contribution in [0.4, 0.5) is 0 Å². The minimum absolute atomic E-state index is 0.105. The molecule has 0 saturated heterocycles. The molecule has 6 heteroatoms.